The zero-order valence-electron chi connectivity index (χ0n) is 8.94. The predicted octanol–water partition coefficient (Wildman–Crippen LogP) is 0.444. The van der Waals surface area contributed by atoms with Crippen molar-refractivity contribution in [1.29, 1.82) is 0 Å². The van der Waals surface area contributed by atoms with Crippen molar-refractivity contribution in [3.8, 4) is 0 Å². The average molecular weight is 233 g/mol. The molecule has 0 unspecified atom stereocenters. The van der Waals surface area contributed by atoms with Crippen molar-refractivity contribution in [3.05, 3.63) is 0 Å². The van der Waals surface area contributed by atoms with Gasteiger partial charge in [-0.25, -0.2) is 4.79 Å². The first kappa shape index (κ1) is 12.3. The zero-order valence-corrected chi connectivity index (χ0v) is 9.76. The topological polar surface area (TPSA) is 75.6 Å². The van der Waals surface area contributed by atoms with Crippen LogP contribution in [0.15, 0.2) is 0 Å². The van der Waals surface area contributed by atoms with Gasteiger partial charge in [0.1, 0.15) is 11.6 Å². The van der Waals surface area contributed by atoms with Crippen molar-refractivity contribution >= 4 is 23.7 Å². The number of aliphatic carboxylic acids is 1. The Labute approximate surface area is 92.6 Å². The first-order chi connectivity index (χ1) is 6.79. The highest BCUT2D eigenvalue weighted by Crippen LogP contribution is 2.22. The Balaban J connectivity index is 2.47. The van der Waals surface area contributed by atoms with Crippen LogP contribution in [-0.4, -0.2) is 39.8 Å². The van der Waals surface area contributed by atoms with E-state index in [9.17, 15) is 9.59 Å². The zero-order chi connectivity index (χ0) is 11.6. The SMILES string of the molecule is CC(C)(C)OC(=O)[C@H]1N[C@@H](C(=O)O)CS1. The molecule has 0 aromatic heterocycles. The van der Waals surface area contributed by atoms with Crippen molar-refractivity contribution in [2.24, 2.45) is 0 Å². The molecular weight excluding hydrogens is 218 g/mol. The smallest absolute Gasteiger partial charge is 0.334 e. The van der Waals surface area contributed by atoms with Gasteiger partial charge in [0.05, 0.1) is 0 Å². The van der Waals surface area contributed by atoms with E-state index in [2.05, 4.69) is 5.32 Å². The Morgan fingerprint density at radius 1 is 1.47 bits per heavy atom. The third-order valence-electron chi connectivity index (χ3n) is 1.70. The molecule has 1 rings (SSSR count). The number of carbonyl (C=O) groups is 2. The lowest BCUT2D eigenvalue weighted by Crippen LogP contribution is -2.42. The standard InChI is InChI=1S/C9H15NO4S/c1-9(2,3)14-8(13)6-10-5(4-15-6)7(11)12/h5-6,10H,4H2,1-3H3,(H,11,12)/t5-,6+/m1/s1. The third kappa shape index (κ3) is 3.71. The molecule has 0 radical (unpaired) electrons. The van der Waals surface area contributed by atoms with Crippen LogP contribution in [0.5, 0.6) is 0 Å². The average Bonchev–Trinajstić information content (AvgIpc) is 2.47. The second kappa shape index (κ2) is 4.40. The van der Waals surface area contributed by atoms with Gasteiger partial charge in [-0.15, -0.1) is 11.8 Å². The van der Waals surface area contributed by atoms with Gasteiger partial charge in [0.15, 0.2) is 5.37 Å². The fourth-order valence-corrected chi connectivity index (χ4v) is 2.17. The van der Waals surface area contributed by atoms with E-state index < -0.39 is 29.0 Å². The summed E-state index contributed by atoms with van der Waals surface area (Å²) in [6.07, 6.45) is 0. The van der Waals surface area contributed by atoms with Crippen LogP contribution in [0, 0.1) is 0 Å². The second-order valence-corrected chi connectivity index (χ2v) is 5.44. The van der Waals surface area contributed by atoms with Crippen LogP contribution >= 0.6 is 11.8 Å². The lowest BCUT2D eigenvalue weighted by atomic mass is 10.2. The van der Waals surface area contributed by atoms with Gasteiger partial charge in [-0.1, -0.05) is 0 Å². The Kier molecular flexibility index (Phi) is 3.62. The van der Waals surface area contributed by atoms with Gasteiger partial charge in [-0.2, -0.15) is 0 Å². The summed E-state index contributed by atoms with van der Waals surface area (Å²) < 4.78 is 5.13. The van der Waals surface area contributed by atoms with E-state index in [-0.39, 0.29) is 0 Å². The highest BCUT2D eigenvalue weighted by atomic mass is 32.2. The van der Waals surface area contributed by atoms with Crippen LogP contribution < -0.4 is 5.32 Å². The number of hydrogen-bond acceptors (Lipinski definition) is 5. The summed E-state index contributed by atoms with van der Waals surface area (Å²) in [7, 11) is 0. The van der Waals surface area contributed by atoms with Gasteiger partial charge in [-0.3, -0.25) is 10.1 Å². The number of nitrogens with one attached hydrogen (secondary N) is 1. The molecule has 2 atom stereocenters. The number of carboxylic acids is 1. The van der Waals surface area contributed by atoms with Crippen molar-refractivity contribution < 1.29 is 19.4 Å². The molecule has 0 bridgehead atoms. The van der Waals surface area contributed by atoms with E-state index >= 15 is 0 Å². The lowest BCUT2D eigenvalue weighted by molar-refractivity contribution is -0.154. The first-order valence-electron chi connectivity index (χ1n) is 4.63. The van der Waals surface area contributed by atoms with Crippen molar-refractivity contribution in [2.45, 2.75) is 37.8 Å². The second-order valence-electron chi connectivity index (χ2n) is 4.30. The van der Waals surface area contributed by atoms with E-state index in [0.717, 1.165) is 0 Å². The van der Waals surface area contributed by atoms with Crippen LogP contribution in [0.2, 0.25) is 0 Å². The monoisotopic (exact) mass is 233 g/mol. The Bertz CT molecular complexity index is 274. The van der Waals surface area contributed by atoms with Crippen molar-refractivity contribution in [1.82, 2.24) is 5.32 Å². The molecule has 0 spiro atoms. The molecule has 1 aliphatic rings. The molecule has 0 aliphatic carbocycles. The molecular formula is C9H15NO4S. The number of esters is 1. The number of carbonyl (C=O) groups excluding carboxylic acids is 1. The number of ether oxygens (including phenoxy) is 1. The van der Waals surface area contributed by atoms with Crippen LogP contribution in [0.4, 0.5) is 0 Å². The highest BCUT2D eigenvalue weighted by molar-refractivity contribution is 8.00. The van der Waals surface area contributed by atoms with Crippen molar-refractivity contribution in [2.75, 3.05) is 5.75 Å². The summed E-state index contributed by atoms with van der Waals surface area (Å²) in [6.45, 7) is 5.33. The fraction of sp³-hybridized carbons (Fsp3) is 0.778. The summed E-state index contributed by atoms with van der Waals surface area (Å²) in [5.74, 6) is -0.955. The molecule has 0 amide bonds. The molecule has 1 fully saturated rings. The molecule has 1 heterocycles. The molecule has 0 saturated carbocycles. The summed E-state index contributed by atoms with van der Waals surface area (Å²) in [4.78, 5) is 22.2. The molecule has 6 heteroatoms. The Hall–Kier alpha value is -0.750. The van der Waals surface area contributed by atoms with E-state index in [4.69, 9.17) is 9.84 Å². The van der Waals surface area contributed by atoms with Crippen LogP contribution in [0.25, 0.3) is 0 Å². The largest absolute Gasteiger partial charge is 0.480 e. The van der Waals surface area contributed by atoms with Gasteiger partial charge < -0.3 is 9.84 Å². The normalized spacial score (nSPS) is 26.3. The third-order valence-corrected chi connectivity index (χ3v) is 2.89. The van der Waals surface area contributed by atoms with Crippen LogP contribution in [0.3, 0.4) is 0 Å². The summed E-state index contributed by atoms with van der Waals surface area (Å²) in [5, 5.41) is 10.9. The minimum Gasteiger partial charge on any atom is -0.480 e. The predicted molar refractivity (Wildman–Crippen MR) is 56.7 cm³/mol. The minimum atomic E-state index is -0.937. The number of rotatable bonds is 2. The maximum Gasteiger partial charge on any atom is 0.334 e. The number of hydrogen-bond donors (Lipinski definition) is 2. The van der Waals surface area contributed by atoms with E-state index in [1.54, 1.807) is 20.8 Å². The molecule has 2 N–H and O–H groups in total. The molecule has 15 heavy (non-hydrogen) atoms. The highest BCUT2D eigenvalue weighted by Gasteiger charge is 2.36. The van der Waals surface area contributed by atoms with Gasteiger partial charge in [0, 0.05) is 5.75 Å². The van der Waals surface area contributed by atoms with Gasteiger partial charge >= 0.3 is 11.9 Å². The molecule has 1 saturated heterocycles. The Morgan fingerprint density at radius 2 is 2.07 bits per heavy atom. The first-order valence-corrected chi connectivity index (χ1v) is 5.68. The quantitative estimate of drug-likeness (QED) is 0.674. The van der Waals surface area contributed by atoms with Gasteiger partial charge in [0.25, 0.3) is 0 Å². The van der Waals surface area contributed by atoms with Crippen LogP contribution in [0.1, 0.15) is 20.8 Å². The minimum absolute atomic E-state index is 0.388. The molecule has 1 aliphatic heterocycles. The van der Waals surface area contributed by atoms with E-state index in [1.165, 1.54) is 11.8 Å². The summed E-state index contributed by atoms with van der Waals surface area (Å²) in [5.41, 5.74) is -0.541. The van der Waals surface area contributed by atoms with Gasteiger partial charge in [-0.05, 0) is 20.8 Å². The lowest BCUT2D eigenvalue weighted by Gasteiger charge is -2.21. The molecule has 5 nitrogen and oxygen atoms in total. The summed E-state index contributed by atoms with van der Waals surface area (Å²) >= 11 is 1.26. The number of carboxylic acid groups (broad SMARTS) is 1. The number of thioether (sulfide) groups is 1. The van der Waals surface area contributed by atoms with E-state index in [1.807, 2.05) is 0 Å². The Morgan fingerprint density at radius 3 is 2.47 bits per heavy atom. The molecule has 0 aromatic rings. The van der Waals surface area contributed by atoms with E-state index in [0.29, 0.717) is 5.75 Å². The van der Waals surface area contributed by atoms with Crippen LogP contribution in [-0.2, 0) is 14.3 Å². The van der Waals surface area contributed by atoms with Crippen molar-refractivity contribution in [3.63, 3.8) is 0 Å². The maximum absolute atomic E-state index is 11.5. The fourth-order valence-electron chi connectivity index (χ4n) is 1.11. The molecule has 0 aromatic carbocycles. The maximum atomic E-state index is 11.5. The molecule has 86 valence electrons. The van der Waals surface area contributed by atoms with Gasteiger partial charge in [0.2, 0.25) is 0 Å². The summed E-state index contributed by atoms with van der Waals surface area (Å²) in [6, 6.07) is -0.660.